The van der Waals surface area contributed by atoms with Crippen LogP contribution in [-0.2, 0) is 108 Å². The summed E-state index contributed by atoms with van der Waals surface area (Å²) in [6.07, 6.45) is 0. The quantitative estimate of drug-likeness (QED) is 0.355. The van der Waals surface area contributed by atoms with Crippen LogP contribution in [0.2, 0.25) is 0 Å². The molecule has 0 aliphatic heterocycles. The summed E-state index contributed by atoms with van der Waals surface area (Å²) in [5.41, 5.74) is 0. The van der Waals surface area contributed by atoms with Gasteiger partial charge in [-0.15, -0.1) is 0 Å². The Morgan fingerprint density at radius 2 is 0.636 bits per heavy atom. The van der Waals surface area contributed by atoms with Crippen LogP contribution in [0.25, 0.3) is 0 Å². The van der Waals surface area contributed by atoms with Gasteiger partial charge in [0.05, 0.1) is 0 Å². The fraction of sp³-hybridized carbons (Fsp3) is 0.286. The molecule has 0 atom stereocenters. The zero-order valence-corrected chi connectivity index (χ0v) is 19.9. The van der Waals surface area contributed by atoms with Gasteiger partial charge >= 0.3 is 21.1 Å². The first-order chi connectivity index (χ1) is 2.00. The molecule has 11 heavy (non-hydrogen) atoms. The van der Waals surface area contributed by atoms with Crippen LogP contribution in [0, 0.1) is 36.1 Å². The predicted molar refractivity (Wildman–Crippen MR) is 41.3 cm³/mol. The Bertz CT molecular complexity index is 14.4. The summed E-state index contributed by atoms with van der Waals surface area (Å²) in [5.74, 6) is 0. The van der Waals surface area contributed by atoms with Crippen molar-refractivity contribution in [1.29, 1.82) is 0 Å². The molecule has 0 aromatic rings. The molecule has 0 aliphatic rings. The van der Waals surface area contributed by atoms with Crippen LogP contribution in [0.4, 0.5) is 0 Å². The van der Waals surface area contributed by atoms with Crippen molar-refractivity contribution in [1.82, 2.24) is 0 Å². The summed E-state index contributed by atoms with van der Waals surface area (Å²) in [7, 11) is 0. The maximum Gasteiger partial charge on any atom is 2.00 e. The van der Waals surface area contributed by atoms with E-state index in [0.717, 1.165) is 0 Å². The van der Waals surface area contributed by atoms with E-state index < -0.39 is 0 Å². The van der Waals surface area contributed by atoms with Gasteiger partial charge in [0.1, 0.15) is 0 Å². The first-order valence-corrected chi connectivity index (χ1v) is 1.41. The average molecular weight is 649 g/mol. The Morgan fingerprint density at radius 1 is 0.636 bits per heavy atom. The second-order valence-electron chi connectivity index (χ2n) is 0. The summed E-state index contributed by atoms with van der Waals surface area (Å²) in [4.78, 5) is 0. The average Bonchev–Trinajstić information content (AvgIpc) is 1.50. The first-order valence-electron chi connectivity index (χ1n) is 1.41. The molecule has 0 rings (SSSR count). The molecule has 0 amide bonds. The van der Waals surface area contributed by atoms with Crippen molar-refractivity contribution >= 4 is 0 Å². The van der Waals surface area contributed by atoms with Gasteiger partial charge in [0.2, 0.25) is 0 Å². The second-order valence-corrected chi connectivity index (χ2v) is 0. The smallest absolute Gasteiger partial charge is 0.358 e. The molecule has 0 N–H and O–H groups in total. The van der Waals surface area contributed by atoms with Gasteiger partial charge in [0.25, 0.3) is 0 Å². The third-order valence-corrected chi connectivity index (χ3v) is 0. The fourth-order valence-electron chi connectivity index (χ4n) is 0. The summed E-state index contributed by atoms with van der Waals surface area (Å²) >= 11 is 0. The van der Waals surface area contributed by atoms with Crippen LogP contribution >= 0.6 is 0 Å². The van der Waals surface area contributed by atoms with E-state index in [2.05, 4.69) is 13.8 Å². The normalized spacial score (nSPS) is 1.09. The van der Waals surface area contributed by atoms with Gasteiger partial charge in [-0.25, -0.2) is 0 Å². The van der Waals surface area contributed by atoms with Crippen molar-refractivity contribution in [2.75, 3.05) is 0 Å². The Kier molecular flexibility index (Phi) is 1310. The zero-order chi connectivity index (χ0) is 4.00. The molecular formula is C7H19W2Y2-3. The Morgan fingerprint density at radius 3 is 0.636 bits per heavy atom. The van der Waals surface area contributed by atoms with Crippen LogP contribution in [0.5, 0.6) is 0 Å². The third kappa shape index (κ3) is 142. The van der Waals surface area contributed by atoms with Gasteiger partial charge in [-0.2, -0.15) is 13.8 Å². The zero-order valence-electron chi connectivity index (χ0n) is 8.39. The van der Waals surface area contributed by atoms with E-state index in [-0.39, 0.29) is 130 Å². The van der Waals surface area contributed by atoms with Crippen molar-refractivity contribution in [3.63, 3.8) is 0 Å². The fourth-order valence-corrected chi connectivity index (χ4v) is 0. The third-order valence-electron chi connectivity index (χ3n) is 0. The second kappa shape index (κ2) is 167. The molecule has 0 nitrogen and oxygen atoms in total. The molecular weight excluding hydrogens is 630 g/mol. The van der Waals surface area contributed by atoms with E-state index >= 15 is 0 Å². The van der Waals surface area contributed by atoms with Crippen LogP contribution < -0.4 is 0 Å². The number of hydrogen-bond donors (Lipinski definition) is 0. The molecule has 0 saturated heterocycles. The maximum absolute atomic E-state index is 3.25. The van der Waals surface area contributed by atoms with Crippen LogP contribution in [-0.4, -0.2) is 0 Å². The molecule has 68 valence electrons. The monoisotopic (exact) mass is 649 g/mol. The molecule has 0 saturated carbocycles. The largest absolute Gasteiger partial charge is 2.00 e. The van der Waals surface area contributed by atoms with E-state index in [1.807, 2.05) is 0 Å². The molecule has 0 fully saturated rings. The number of rotatable bonds is 0. The predicted octanol–water partition coefficient (Wildman–Crippen LogP) is 3.02. The first kappa shape index (κ1) is 86.3. The molecule has 0 unspecified atom stereocenters. The molecule has 0 aromatic carbocycles. The number of hydrogen-bond acceptors (Lipinski definition) is 0. The minimum atomic E-state index is 0. The maximum atomic E-state index is 3.25. The van der Waals surface area contributed by atoms with Gasteiger partial charge in [-0.1, -0.05) is 0 Å². The Hall–Kier alpha value is 3.58. The van der Waals surface area contributed by atoms with E-state index in [0.29, 0.717) is 0 Å². The summed E-state index contributed by atoms with van der Waals surface area (Å²) in [6.45, 7) is 10.0. The molecule has 2 radical (unpaired) electrons. The Labute approximate surface area is 154 Å². The van der Waals surface area contributed by atoms with E-state index in [1.54, 1.807) is 13.8 Å². The van der Waals surface area contributed by atoms with Crippen LogP contribution in [0.3, 0.4) is 0 Å². The molecule has 0 aliphatic carbocycles. The standard InChI is InChI=1S/2C2H5.3CH3.2W.2Y/c2*1-2;;;;;;;/h2*1H2,2H3;3*1H3;;;;/q5*-1;;+2;;. The van der Waals surface area contributed by atoms with Crippen LogP contribution in [0.1, 0.15) is 13.8 Å². The van der Waals surface area contributed by atoms with Crippen molar-refractivity contribution < 1.29 is 108 Å². The molecule has 0 heterocycles. The van der Waals surface area contributed by atoms with Gasteiger partial charge in [0, 0.05) is 86.5 Å². The minimum absolute atomic E-state index is 0. The molecule has 0 bridgehead atoms. The van der Waals surface area contributed by atoms with Crippen molar-refractivity contribution in [2.45, 2.75) is 13.8 Å². The van der Waals surface area contributed by atoms with Gasteiger partial charge < -0.3 is 36.1 Å². The molecule has 4 heteroatoms. The van der Waals surface area contributed by atoms with Gasteiger partial charge in [-0.05, 0) is 0 Å². The van der Waals surface area contributed by atoms with Crippen molar-refractivity contribution in [3.05, 3.63) is 36.1 Å². The van der Waals surface area contributed by atoms with Gasteiger partial charge in [-0.3, -0.25) is 0 Å². The summed E-state index contributed by atoms with van der Waals surface area (Å²) in [5, 5.41) is 0. The molecule has 0 spiro atoms. The van der Waals surface area contributed by atoms with E-state index in [4.69, 9.17) is 0 Å². The van der Waals surface area contributed by atoms with Crippen molar-refractivity contribution in [2.24, 2.45) is 0 Å². The van der Waals surface area contributed by atoms with E-state index in [9.17, 15) is 0 Å². The van der Waals surface area contributed by atoms with Crippen molar-refractivity contribution in [3.8, 4) is 0 Å². The summed E-state index contributed by atoms with van der Waals surface area (Å²) < 4.78 is 0. The topological polar surface area (TPSA) is 0 Å². The molecule has 0 aromatic heterocycles. The van der Waals surface area contributed by atoms with E-state index in [1.165, 1.54) is 0 Å². The SMILES string of the molecule is [CH2-]C.[CH2-]C.[CH3-].[CH3-].[CH3-].[W+2].[W].[Y].[Y]. The Balaban J connectivity index is -0.000000000635. The van der Waals surface area contributed by atoms with Crippen LogP contribution in [0.15, 0.2) is 0 Å². The van der Waals surface area contributed by atoms with Gasteiger partial charge in [0.15, 0.2) is 0 Å². The minimum Gasteiger partial charge on any atom is -0.358 e. The summed E-state index contributed by atoms with van der Waals surface area (Å²) in [6, 6.07) is 0.